The zero-order valence-electron chi connectivity index (χ0n) is 24.1. The van der Waals surface area contributed by atoms with Crippen molar-refractivity contribution in [3.8, 4) is 11.5 Å². The van der Waals surface area contributed by atoms with E-state index in [4.69, 9.17) is 9.47 Å². The Morgan fingerprint density at radius 2 is 1.71 bits per heavy atom. The molecule has 0 spiro atoms. The molecule has 3 aromatic carbocycles. The second kappa shape index (κ2) is 11.8. The molecule has 0 radical (unpaired) electrons. The lowest BCUT2D eigenvalue weighted by Crippen LogP contribution is -2.64. The van der Waals surface area contributed by atoms with Gasteiger partial charge in [0.1, 0.15) is 17.2 Å². The smallest absolute Gasteiger partial charge is 0.272 e. The van der Waals surface area contributed by atoms with Gasteiger partial charge in [-0.25, -0.2) is 0 Å². The van der Waals surface area contributed by atoms with Crippen molar-refractivity contribution in [3.63, 3.8) is 0 Å². The average molecular weight is 631 g/mol. The first-order valence-electron chi connectivity index (χ1n) is 14.6. The molecular formula is C34H36BrN3O4. The molecule has 42 heavy (non-hydrogen) atoms. The Hall–Kier alpha value is -3.78. The molecule has 0 saturated heterocycles. The molecule has 1 atom stereocenters. The molecule has 2 heterocycles. The molecule has 8 heteroatoms. The van der Waals surface area contributed by atoms with E-state index in [2.05, 4.69) is 21.2 Å². The number of fused-ring (bicyclic) bond motifs is 3. The van der Waals surface area contributed by atoms with Gasteiger partial charge in [-0.15, -0.1) is 0 Å². The number of ether oxygens (including phenoxy) is 2. The minimum absolute atomic E-state index is 0.0702. The molecule has 2 amide bonds. The Morgan fingerprint density at radius 3 is 2.43 bits per heavy atom. The summed E-state index contributed by atoms with van der Waals surface area (Å²) in [7, 11) is 3.26. The number of hydrogen-bond donors (Lipinski definition) is 1. The maximum atomic E-state index is 14.9. The highest BCUT2D eigenvalue weighted by Crippen LogP contribution is 2.42. The number of benzene rings is 3. The second-order valence-electron chi connectivity index (χ2n) is 11.3. The van der Waals surface area contributed by atoms with Crippen molar-refractivity contribution < 1.29 is 19.1 Å². The van der Waals surface area contributed by atoms with Crippen LogP contribution in [0, 0.1) is 0 Å². The molecule has 1 N–H and O–H groups in total. The molecule has 6 rings (SSSR count). The van der Waals surface area contributed by atoms with E-state index in [-0.39, 0.29) is 30.9 Å². The van der Waals surface area contributed by atoms with Crippen LogP contribution in [0.4, 0.5) is 0 Å². The standard InChI is InChI=1S/C34H36BrN3O4/c1-41-28-16-14-23-19-30-32(39)38(21-24-18-26(35)15-17-31(24)42-2)34(22-37(30)29(23)20-28,25-10-6-5-7-11-25)33(40)36-27-12-8-3-4-9-13-27/h5-7,10-11,14-20,27H,3-4,8-9,12-13,21-22H2,1-2H3,(H,36,40)/t34-/m1/s1. The van der Waals surface area contributed by atoms with E-state index in [0.717, 1.165) is 52.2 Å². The lowest BCUT2D eigenvalue weighted by atomic mass is 9.83. The van der Waals surface area contributed by atoms with Crippen LogP contribution in [-0.4, -0.2) is 41.5 Å². The van der Waals surface area contributed by atoms with Gasteiger partial charge in [0.2, 0.25) is 0 Å². The molecule has 1 fully saturated rings. The van der Waals surface area contributed by atoms with Gasteiger partial charge >= 0.3 is 0 Å². The van der Waals surface area contributed by atoms with Crippen LogP contribution in [0.25, 0.3) is 10.9 Å². The largest absolute Gasteiger partial charge is 0.497 e. The fraction of sp³-hybridized carbons (Fsp3) is 0.353. The maximum absolute atomic E-state index is 14.9. The van der Waals surface area contributed by atoms with Crippen molar-refractivity contribution in [2.24, 2.45) is 0 Å². The number of carbonyl (C=O) groups excluding carboxylic acids is 2. The van der Waals surface area contributed by atoms with Crippen molar-refractivity contribution >= 4 is 38.6 Å². The molecule has 7 nitrogen and oxygen atoms in total. The quantitative estimate of drug-likeness (QED) is 0.228. The fourth-order valence-corrected chi connectivity index (χ4v) is 7.01. The SMILES string of the molecule is COc1ccc2cc3n(c2c1)C[C@](C(=O)NC1CCCCCC1)(c1ccccc1)N(Cc1cc(Br)ccc1OC)C3=O. The highest BCUT2D eigenvalue weighted by atomic mass is 79.9. The van der Waals surface area contributed by atoms with Crippen LogP contribution in [0.5, 0.6) is 11.5 Å². The summed E-state index contributed by atoms with van der Waals surface area (Å²) in [5.41, 5.74) is 1.68. The number of carbonyl (C=O) groups is 2. The predicted octanol–water partition coefficient (Wildman–Crippen LogP) is 6.81. The molecule has 4 aromatic rings. The molecule has 2 aliphatic rings. The summed E-state index contributed by atoms with van der Waals surface area (Å²) in [4.78, 5) is 31.3. The first kappa shape index (κ1) is 28.3. The Morgan fingerprint density at radius 1 is 0.952 bits per heavy atom. The van der Waals surface area contributed by atoms with E-state index in [9.17, 15) is 9.59 Å². The summed E-state index contributed by atoms with van der Waals surface area (Å²) in [5.74, 6) is 0.995. The Labute approximate surface area is 254 Å². The average Bonchev–Trinajstić information content (AvgIpc) is 3.17. The highest BCUT2D eigenvalue weighted by Gasteiger charge is 2.53. The number of halogens is 1. The molecule has 0 unspecified atom stereocenters. The summed E-state index contributed by atoms with van der Waals surface area (Å²) in [6.07, 6.45) is 6.44. The molecule has 1 saturated carbocycles. The molecular weight excluding hydrogens is 594 g/mol. The lowest BCUT2D eigenvalue weighted by Gasteiger charge is -2.47. The van der Waals surface area contributed by atoms with Crippen molar-refractivity contribution in [2.75, 3.05) is 14.2 Å². The monoisotopic (exact) mass is 629 g/mol. The summed E-state index contributed by atoms with van der Waals surface area (Å²) in [6, 6.07) is 23.3. The third-order valence-corrected chi connectivity index (χ3v) is 9.30. The predicted molar refractivity (Wildman–Crippen MR) is 167 cm³/mol. The van der Waals surface area contributed by atoms with Gasteiger partial charge in [-0.2, -0.15) is 0 Å². The fourth-order valence-electron chi connectivity index (χ4n) is 6.60. The van der Waals surface area contributed by atoms with Crippen molar-refractivity contribution in [2.45, 2.75) is 63.2 Å². The van der Waals surface area contributed by atoms with Crippen LogP contribution in [0.3, 0.4) is 0 Å². The number of nitrogens with zero attached hydrogens (tertiary/aromatic N) is 2. The maximum Gasteiger partial charge on any atom is 0.272 e. The van der Waals surface area contributed by atoms with Gasteiger partial charge < -0.3 is 24.3 Å². The van der Waals surface area contributed by atoms with Gasteiger partial charge in [0.05, 0.1) is 32.8 Å². The van der Waals surface area contributed by atoms with E-state index in [0.29, 0.717) is 17.2 Å². The molecule has 0 bridgehead atoms. The van der Waals surface area contributed by atoms with Gasteiger partial charge in [0.25, 0.3) is 11.8 Å². The van der Waals surface area contributed by atoms with Crippen molar-refractivity contribution in [3.05, 3.63) is 94.1 Å². The van der Waals surface area contributed by atoms with Gasteiger partial charge in [0, 0.05) is 27.5 Å². The van der Waals surface area contributed by atoms with Crippen LogP contribution >= 0.6 is 15.9 Å². The van der Waals surface area contributed by atoms with E-state index < -0.39 is 5.54 Å². The van der Waals surface area contributed by atoms with Crippen LogP contribution in [-0.2, 0) is 23.4 Å². The minimum Gasteiger partial charge on any atom is -0.497 e. The van der Waals surface area contributed by atoms with Gasteiger partial charge in [-0.05, 0) is 54.8 Å². The number of aromatic nitrogens is 1. The Bertz CT molecular complexity index is 1610. The minimum atomic E-state index is -1.31. The van der Waals surface area contributed by atoms with Gasteiger partial charge in [-0.1, -0.05) is 71.9 Å². The number of amides is 2. The van der Waals surface area contributed by atoms with Crippen LogP contribution in [0.2, 0.25) is 0 Å². The van der Waals surface area contributed by atoms with Gasteiger partial charge in [-0.3, -0.25) is 9.59 Å². The first-order chi connectivity index (χ1) is 20.4. The number of nitrogens with one attached hydrogen (secondary N) is 1. The normalized spacial score (nSPS) is 19.3. The zero-order chi connectivity index (χ0) is 29.3. The molecule has 1 aromatic heterocycles. The van der Waals surface area contributed by atoms with E-state index >= 15 is 0 Å². The molecule has 1 aliphatic carbocycles. The van der Waals surface area contributed by atoms with E-state index in [1.807, 2.05) is 77.4 Å². The third kappa shape index (κ3) is 5.06. The van der Waals surface area contributed by atoms with Crippen LogP contribution < -0.4 is 14.8 Å². The topological polar surface area (TPSA) is 72.8 Å². The molecule has 218 valence electrons. The summed E-state index contributed by atoms with van der Waals surface area (Å²) in [6.45, 7) is 0.461. The van der Waals surface area contributed by atoms with Crippen molar-refractivity contribution in [1.29, 1.82) is 0 Å². The number of hydrogen-bond acceptors (Lipinski definition) is 4. The summed E-state index contributed by atoms with van der Waals surface area (Å²) in [5, 5.41) is 4.35. The highest BCUT2D eigenvalue weighted by molar-refractivity contribution is 9.10. The lowest BCUT2D eigenvalue weighted by molar-refractivity contribution is -0.136. The van der Waals surface area contributed by atoms with Crippen LogP contribution in [0.1, 0.15) is 60.1 Å². The summed E-state index contributed by atoms with van der Waals surface area (Å²) < 4.78 is 14.1. The molecule has 1 aliphatic heterocycles. The van der Waals surface area contributed by atoms with E-state index in [1.54, 1.807) is 19.1 Å². The zero-order valence-corrected chi connectivity index (χ0v) is 25.7. The Balaban J connectivity index is 1.56. The first-order valence-corrected chi connectivity index (χ1v) is 15.4. The third-order valence-electron chi connectivity index (χ3n) is 8.81. The van der Waals surface area contributed by atoms with Gasteiger partial charge in [0.15, 0.2) is 5.54 Å². The van der Waals surface area contributed by atoms with Crippen LogP contribution in [0.15, 0.2) is 77.3 Å². The number of rotatable bonds is 7. The Kier molecular flexibility index (Phi) is 7.99. The second-order valence-corrected chi connectivity index (χ2v) is 12.2. The van der Waals surface area contributed by atoms with Crippen molar-refractivity contribution in [1.82, 2.24) is 14.8 Å². The van der Waals surface area contributed by atoms with E-state index in [1.165, 1.54) is 12.8 Å². The number of methoxy groups -OCH3 is 2. The summed E-state index contributed by atoms with van der Waals surface area (Å²) >= 11 is 3.59.